The standard InChI is InChI=1S/C29H35ClN4O10/c1-6-41-21-12-18(26-25(28(37)40-5)16(3)32-29(38)33-26)8-9-20(21)43-14-23(35)34-31-13-17-10-19(30)27(22(11-17)39-4)44-15-24(36)42-7-2/h8-13,23,26,34-35H,6-7,14-15H2,1-5H3,(H2,32,33,38)/b31-13-/t23-,26+/m0/s1. The number of urea groups is 1. The second-order valence-corrected chi connectivity index (χ2v) is 9.45. The molecule has 0 aliphatic carbocycles. The lowest BCUT2D eigenvalue weighted by Gasteiger charge is -2.28. The van der Waals surface area contributed by atoms with E-state index in [9.17, 15) is 19.5 Å². The van der Waals surface area contributed by atoms with E-state index in [1.165, 1.54) is 20.4 Å². The van der Waals surface area contributed by atoms with Crippen LogP contribution in [0.25, 0.3) is 0 Å². The fourth-order valence-electron chi connectivity index (χ4n) is 4.11. The number of halogens is 1. The predicted molar refractivity (Wildman–Crippen MR) is 159 cm³/mol. The Morgan fingerprint density at radius 2 is 1.86 bits per heavy atom. The van der Waals surface area contributed by atoms with Crippen LogP contribution in [0.3, 0.4) is 0 Å². The van der Waals surface area contributed by atoms with Gasteiger partial charge in [-0.25, -0.2) is 14.4 Å². The number of ether oxygens (including phenoxy) is 6. The molecular formula is C29H35ClN4O10. The number of hydrogen-bond donors (Lipinski definition) is 4. The highest BCUT2D eigenvalue weighted by Gasteiger charge is 2.32. The van der Waals surface area contributed by atoms with E-state index in [1.54, 1.807) is 51.1 Å². The van der Waals surface area contributed by atoms with Crippen LogP contribution in [0.4, 0.5) is 4.79 Å². The summed E-state index contributed by atoms with van der Waals surface area (Å²) in [7, 11) is 2.68. The molecule has 0 saturated heterocycles. The number of aliphatic hydroxyl groups excluding tert-OH is 1. The highest BCUT2D eigenvalue weighted by atomic mass is 35.5. The molecule has 4 N–H and O–H groups in total. The van der Waals surface area contributed by atoms with Crippen LogP contribution in [-0.4, -0.2) is 76.2 Å². The van der Waals surface area contributed by atoms with Crippen molar-refractivity contribution >= 4 is 35.8 Å². The zero-order valence-electron chi connectivity index (χ0n) is 24.9. The van der Waals surface area contributed by atoms with Crippen LogP contribution in [0.2, 0.25) is 5.02 Å². The number of rotatable bonds is 15. The maximum absolute atomic E-state index is 12.4. The first kappa shape index (κ1) is 33.8. The molecule has 1 heterocycles. The van der Waals surface area contributed by atoms with Crippen LogP contribution in [0.5, 0.6) is 23.0 Å². The van der Waals surface area contributed by atoms with Gasteiger partial charge in [-0.1, -0.05) is 17.7 Å². The Balaban J connectivity index is 1.66. The lowest BCUT2D eigenvalue weighted by atomic mass is 9.95. The molecule has 1 aliphatic heterocycles. The molecule has 0 spiro atoms. The number of benzene rings is 2. The molecular weight excluding hydrogens is 600 g/mol. The Hall–Kier alpha value is -4.69. The number of esters is 2. The second-order valence-electron chi connectivity index (χ2n) is 9.04. The smallest absolute Gasteiger partial charge is 0.344 e. The van der Waals surface area contributed by atoms with E-state index < -0.39 is 30.2 Å². The molecule has 44 heavy (non-hydrogen) atoms. The van der Waals surface area contributed by atoms with Gasteiger partial charge in [0.05, 0.1) is 50.3 Å². The molecule has 238 valence electrons. The van der Waals surface area contributed by atoms with Crippen molar-refractivity contribution < 1.29 is 47.9 Å². The van der Waals surface area contributed by atoms with Crippen molar-refractivity contribution in [1.82, 2.24) is 16.1 Å². The quantitative estimate of drug-likeness (QED) is 0.0981. The molecule has 0 radical (unpaired) electrons. The number of carbonyl (C=O) groups excluding carboxylic acids is 3. The number of hydrazone groups is 1. The first-order valence-electron chi connectivity index (χ1n) is 13.5. The molecule has 2 aromatic rings. The van der Waals surface area contributed by atoms with Gasteiger partial charge >= 0.3 is 18.0 Å². The average Bonchev–Trinajstić information content (AvgIpc) is 2.99. The van der Waals surface area contributed by atoms with E-state index in [2.05, 4.69) is 21.2 Å². The third-order valence-corrected chi connectivity index (χ3v) is 6.28. The van der Waals surface area contributed by atoms with Crippen LogP contribution in [0.1, 0.15) is 37.9 Å². The summed E-state index contributed by atoms with van der Waals surface area (Å²) in [4.78, 5) is 36.2. The van der Waals surface area contributed by atoms with Gasteiger partial charge in [0.2, 0.25) is 0 Å². The van der Waals surface area contributed by atoms with Gasteiger partial charge in [0.1, 0.15) is 6.61 Å². The van der Waals surface area contributed by atoms with Gasteiger partial charge in [0, 0.05) is 5.70 Å². The van der Waals surface area contributed by atoms with Crippen molar-refractivity contribution in [3.8, 4) is 23.0 Å². The van der Waals surface area contributed by atoms with Crippen molar-refractivity contribution in [2.45, 2.75) is 33.0 Å². The van der Waals surface area contributed by atoms with E-state index in [1.807, 2.05) is 0 Å². The van der Waals surface area contributed by atoms with Gasteiger partial charge in [-0.3, -0.25) is 5.43 Å². The summed E-state index contributed by atoms with van der Waals surface area (Å²) in [5.74, 6) is -0.0407. The number of amides is 2. The van der Waals surface area contributed by atoms with Crippen LogP contribution < -0.4 is 35.0 Å². The molecule has 2 atom stereocenters. The van der Waals surface area contributed by atoms with Gasteiger partial charge < -0.3 is 44.2 Å². The monoisotopic (exact) mass is 634 g/mol. The van der Waals surface area contributed by atoms with Gasteiger partial charge in [0.15, 0.2) is 35.8 Å². The van der Waals surface area contributed by atoms with Gasteiger partial charge in [-0.2, -0.15) is 5.10 Å². The maximum atomic E-state index is 12.4. The molecule has 3 rings (SSSR count). The number of carbonyl (C=O) groups is 3. The third kappa shape index (κ3) is 8.91. The van der Waals surface area contributed by atoms with Crippen LogP contribution >= 0.6 is 11.6 Å². The molecule has 0 bridgehead atoms. The predicted octanol–water partition coefficient (Wildman–Crippen LogP) is 2.81. The Kier molecular flexibility index (Phi) is 12.5. The molecule has 1 aliphatic rings. The van der Waals surface area contributed by atoms with E-state index in [0.29, 0.717) is 34.9 Å². The fraction of sp³-hybridized carbons (Fsp3) is 0.379. The van der Waals surface area contributed by atoms with Crippen molar-refractivity contribution in [1.29, 1.82) is 0 Å². The molecule has 2 amide bonds. The maximum Gasteiger partial charge on any atom is 0.344 e. The fourth-order valence-corrected chi connectivity index (χ4v) is 4.38. The van der Waals surface area contributed by atoms with E-state index in [-0.39, 0.29) is 41.9 Å². The molecule has 0 aromatic heterocycles. The first-order valence-corrected chi connectivity index (χ1v) is 13.9. The summed E-state index contributed by atoms with van der Waals surface area (Å²) in [5.41, 5.74) is 4.25. The normalized spacial score (nSPS) is 15.2. The molecule has 0 unspecified atom stereocenters. The summed E-state index contributed by atoms with van der Waals surface area (Å²) in [5, 5.41) is 19.9. The Morgan fingerprint density at radius 3 is 2.55 bits per heavy atom. The zero-order valence-corrected chi connectivity index (χ0v) is 25.6. The molecule has 15 heteroatoms. The van der Waals surface area contributed by atoms with Crippen molar-refractivity contribution in [3.05, 3.63) is 57.8 Å². The number of nitrogens with one attached hydrogen (secondary N) is 3. The Labute approximate surface area is 259 Å². The molecule has 0 fully saturated rings. The highest BCUT2D eigenvalue weighted by molar-refractivity contribution is 6.32. The summed E-state index contributed by atoms with van der Waals surface area (Å²) < 4.78 is 32.0. The number of methoxy groups -OCH3 is 2. The lowest BCUT2D eigenvalue weighted by Crippen LogP contribution is -2.45. The second kappa shape index (κ2) is 16.2. The minimum Gasteiger partial charge on any atom is -0.493 e. The number of nitrogens with zero attached hydrogens (tertiary/aromatic N) is 1. The number of hydrogen-bond acceptors (Lipinski definition) is 12. The van der Waals surface area contributed by atoms with Crippen molar-refractivity contribution in [2.24, 2.45) is 5.10 Å². The average molecular weight is 635 g/mol. The summed E-state index contributed by atoms with van der Waals surface area (Å²) >= 11 is 6.31. The molecule has 0 saturated carbocycles. The summed E-state index contributed by atoms with van der Waals surface area (Å²) in [6.45, 7) is 5.07. The van der Waals surface area contributed by atoms with Gasteiger partial charge in [-0.05, 0) is 56.2 Å². The van der Waals surface area contributed by atoms with Crippen LogP contribution in [0, 0.1) is 0 Å². The van der Waals surface area contributed by atoms with Crippen molar-refractivity contribution in [3.63, 3.8) is 0 Å². The topological polar surface area (TPSA) is 175 Å². The third-order valence-electron chi connectivity index (χ3n) is 6.00. The van der Waals surface area contributed by atoms with Crippen LogP contribution in [-0.2, 0) is 19.1 Å². The van der Waals surface area contributed by atoms with Crippen molar-refractivity contribution in [2.75, 3.05) is 40.6 Å². The molecule has 2 aromatic carbocycles. The number of aliphatic hydroxyl groups is 1. The largest absolute Gasteiger partial charge is 0.493 e. The zero-order chi connectivity index (χ0) is 32.2. The highest BCUT2D eigenvalue weighted by Crippen LogP contribution is 2.36. The van der Waals surface area contributed by atoms with Gasteiger partial charge in [0.25, 0.3) is 0 Å². The van der Waals surface area contributed by atoms with E-state index >= 15 is 0 Å². The van der Waals surface area contributed by atoms with Crippen LogP contribution in [0.15, 0.2) is 46.7 Å². The SMILES string of the molecule is CCOC(=O)COc1c(Cl)cc(/C=N\N[C@@H](O)COc2ccc([C@H]3NC(=O)NC(C)=C3C(=O)OC)cc2OCC)cc1OC. The molecule has 14 nitrogen and oxygen atoms in total. The Morgan fingerprint density at radius 1 is 1.09 bits per heavy atom. The van der Waals surface area contributed by atoms with Gasteiger partial charge in [-0.15, -0.1) is 0 Å². The lowest BCUT2D eigenvalue weighted by molar-refractivity contribution is -0.145. The Bertz CT molecular complexity index is 1410. The first-order chi connectivity index (χ1) is 21.1. The minimum atomic E-state index is -1.22. The van der Waals surface area contributed by atoms with E-state index in [0.717, 1.165) is 0 Å². The number of allylic oxidation sites excluding steroid dienone is 1. The van der Waals surface area contributed by atoms with E-state index in [4.69, 9.17) is 40.0 Å². The summed E-state index contributed by atoms with van der Waals surface area (Å²) in [6, 6.07) is 6.79. The minimum absolute atomic E-state index is 0.173. The summed E-state index contributed by atoms with van der Waals surface area (Å²) in [6.07, 6.45) is 0.180.